The van der Waals surface area contributed by atoms with Gasteiger partial charge in [-0.2, -0.15) is 0 Å². The van der Waals surface area contributed by atoms with E-state index in [1.165, 1.54) is 13.3 Å². The minimum absolute atomic E-state index is 0.0339. The predicted octanol–water partition coefficient (Wildman–Crippen LogP) is 6.12. The van der Waals surface area contributed by atoms with E-state index in [-0.39, 0.29) is 42.4 Å². The molecule has 8 nitrogen and oxygen atoms in total. The van der Waals surface area contributed by atoms with Crippen LogP contribution in [0.15, 0.2) is 60.0 Å². The number of halogens is 2. The fraction of sp³-hybridized carbons (Fsp3) is 0.367. The highest BCUT2D eigenvalue weighted by Gasteiger charge is 2.40. The molecule has 214 valence electrons. The van der Waals surface area contributed by atoms with E-state index in [1.54, 1.807) is 12.5 Å². The molecule has 5 aromatic rings. The summed E-state index contributed by atoms with van der Waals surface area (Å²) < 4.78 is 64.7. The molecule has 4 aromatic heterocycles. The monoisotopic (exact) mass is 579 g/mol. The smallest absolute Gasteiger partial charge is 0.248 e. The van der Waals surface area contributed by atoms with Crippen molar-refractivity contribution in [2.75, 3.05) is 13.4 Å². The maximum atomic E-state index is 14.4. The molecule has 1 aliphatic carbocycles. The van der Waals surface area contributed by atoms with E-state index in [0.717, 1.165) is 28.8 Å². The number of imidazole rings is 1. The number of aromatic nitrogens is 5. The average molecular weight is 580 g/mol. The molecular formula is C30H31F2N5O3S. The van der Waals surface area contributed by atoms with Crippen LogP contribution in [0.3, 0.4) is 0 Å². The number of sulfone groups is 1. The van der Waals surface area contributed by atoms with Gasteiger partial charge in [0, 0.05) is 37.9 Å². The number of hydrogen-bond donors (Lipinski definition) is 0. The van der Waals surface area contributed by atoms with E-state index < -0.39 is 21.8 Å². The minimum Gasteiger partial charge on any atom is -0.480 e. The first-order chi connectivity index (χ1) is 19.5. The summed E-state index contributed by atoms with van der Waals surface area (Å²) in [5.74, 6) is -2.64. The number of rotatable bonds is 6. The lowest BCUT2D eigenvalue weighted by atomic mass is 9.79. The van der Waals surface area contributed by atoms with Crippen LogP contribution in [0.25, 0.3) is 33.2 Å². The first-order valence-corrected chi connectivity index (χ1v) is 15.4. The number of ether oxygens (including phenoxy) is 1. The van der Waals surface area contributed by atoms with Gasteiger partial charge in [0.1, 0.15) is 10.4 Å². The van der Waals surface area contributed by atoms with E-state index in [0.29, 0.717) is 21.9 Å². The third-order valence-corrected chi connectivity index (χ3v) is 9.30. The van der Waals surface area contributed by atoms with Crippen molar-refractivity contribution in [1.29, 1.82) is 0 Å². The molecular weight excluding hydrogens is 548 g/mol. The zero-order valence-corrected chi connectivity index (χ0v) is 24.1. The summed E-state index contributed by atoms with van der Waals surface area (Å²) in [6.45, 7) is 1.92. The van der Waals surface area contributed by atoms with Crippen molar-refractivity contribution in [1.82, 2.24) is 24.1 Å². The first kappa shape index (κ1) is 27.3. The van der Waals surface area contributed by atoms with Crippen LogP contribution in [0.1, 0.15) is 43.0 Å². The number of hydrogen-bond acceptors (Lipinski definition) is 6. The van der Waals surface area contributed by atoms with Crippen molar-refractivity contribution in [2.24, 2.45) is 13.0 Å². The Morgan fingerprint density at radius 3 is 2.39 bits per heavy atom. The highest BCUT2D eigenvalue weighted by molar-refractivity contribution is 7.91. The Morgan fingerprint density at radius 2 is 1.78 bits per heavy atom. The van der Waals surface area contributed by atoms with Crippen LogP contribution in [-0.4, -0.2) is 51.8 Å². The summed E-state index contributed by atoms with van der Waals surface area (Å²) in [6, 6.07) is 11.2. The Hall–Kier alpha value is -3.86. The Balaban J connectivity index is 1.76. The molecule has 4 heterocycles. The highest BCUT2D eigenvalue weighted by Crippen LogP contribution is 2.48. The van der Waals surface area contributed by atoms with Gasteiger partial charge in [-0.3, -0.25) is 4.98 Å². The zero-order chi connectivity index (χ0) is 29.1. The Bertz CT molecular complexity index is 1850. The van der Waals surface area contributed by atoms with Gasteiger partial charge >= 0.3 is 0 Å². The molecule has 1 aromatic carbocycles. The van der Waals surface area contributed by atoms with Crippen molar-refractivity contribution in [2.45, 2.75) is 49.5 Å². The van der Waals surface area contributed by atoms with E-state index in [2.05, 4.69) is 9.97 Å². The fourth-order valence-corrected chi connectivity index (χ4v) is 7.13. The lowest BCUT2D eigenvalue weighted by Gasteiger charge is -2.36. The van der Waals surface area contributed by atoms with Crippen LogP contribution < -0.4 is 4.74 Å². The number of nitrogens with zero attached hydrogens (tertiary/aromatic N) is 5. The molecule has 1 fully saturated rings. The molecule has 1 atom stereocenters. The molecule has 1 aliphatic rings. The predicted molar refractivity (Wildman–Crippen MR) is 153 cm³/mol. The number of methoxy groups -OCH3 is 1. The van der Waals surface area contributed by atoms with Gasteiger partial charge < -0.3 is 13.9 Å². The summed E-state index contributed by atoms with van der Waals surface area (Å²) in [6.07, 6.45) is 6.06. The number of aryl methyl sites for hydroxylation is 2. The normalized spacial score (nSPS) is 16.8. The van der Waals surface area contributed by atoms with Crippen molar-refractivity contribution in [3.8, 4) is 17.1 Å². The fourth-order valence-electron chi connectivity index (χ4n) is 6.33. The lowest BCUT2D eigenvalue weighted by Crippen LogP contribution is -2.30. The van der Waals surface area contributed by atoms with Gasteiger partial charge in [0.25, 0.3) is 0 Å². The van der Waals surface area contributed by atoms with Crippen LogP contribution >= 0.6 is 0 Å². The minimum atomic E-state index is -3.76. The second-order valence-corrected chi connectivity index (χ2v) is 12.9. The van der Waals surface area contributed by atoms with Gasteiger partial charge in [-0.15, -0.1) is 0 Å². The van der Waals surface area contributed by atoms with Gasteiger partial charge in [0.2, 0.25) is 11.8 Å². The largest absolute Gasteiger partial charge is 0.480 e. The molecule has 0 saturated heterocycles. The first-order valence-electron chi connectivity index (χ1n) is 13.5. The maximum Gasteiger partial charge on any atom is 0.248 e. The Morgan fingerprint density at radius 1 is 1.07 bits per heavy atom. The molecule has 0 N–H and O–H groups in total. The lowest BCUT2D eigenvalue weighted by molar-refractivity contribution is -0.0493. The van der Waals surface area contributed by atoms with Crippen molar-refractivity contribution < 1.29 is 21.9 Å². The summed E-state index contributed by atoms with van der Waals surface area (Å²) in [7, 11) is -0.373. The molecule has 0 bridgehead atoms. The van der Waals surface area contributed by atoms with E-state index in [9.17, 15) is 17.2 Å². The molecule has 41 heavy (non-hydrogen) atoms. The van der Waals surface area contributed by atoms with Crippen molar-refractivity contribution in [3.05, 3.63) is 66.4 Å². The zero-order valence-electron chi connectivity index (χ0n) is 23.3. The van der Waals surface area contributed by atoms with Crippen LogP contribution in [0.4, 0.5) is 8.78 Å². The van der Waals surface area contributed by atoms with Crippen LogP contribution in [0, 0.1) is 12.8 Å². The number of benzene rings is 1. The Kier molecular flexibility index (Phi) is 6.60. The molecule has 0 spiro atoms. The summed E-state index contributed by atoms with van der Waals surface area (Å²) in [5.41, 5.74) is 5.00. The average Bonchev–Trinajstić information content (AvgIpc) is 3.45. The standard InChI is InChI=1S/C30H31F2N5O3S/c1-18-26(36(2)17-35-18)21-14-22-25(33-15-21)24-28(23(41(4,38)39)16-34-29(24)40-3)37(22)27(19-8-6-5-7-9-19)20-10-12-30(31,32)13-11-20/h5-9,14-17,20,27H,10-13H2,1-4H3. The van der Waals surface area contributed by atoms with Gasteiger partial charge in [-0.05, 0) is 37.3 Å². The van der Waals surface area contributed by atoms with Gasteiger partial charge in [-0.25, -0.2) is 27.2 Å². The molecule has 1 unspecified atom stereocenters. The van der Waals surface area contributed by atoms with Crippen molar-refractivity contribution >= 4 is 31.8 Å². The van der Waals surface area contributed by atoms with E-state index in [4.69, 9.17) is 9.72 Å². The quantitative estimate of drug-likeness (QED) is 0.241. The van der Waals surface area contributed by atoms with E-state index >= 15 is 0 Å². The highest BCUT2D eigenvalue weighted by atomic mass is 32.2. The van der Waals surface area contributed by atoms with Crippen LogP contribution in [0.5, 0.6) is 5.88 Å². The van der Waals surface area contributed by atoms with Gasteiger partial charge in [0.15, 0.2) is 9.84 Å². The van der Waals surface area contributed by atoms with Crippen LogP contribution in [-0.2, 0) is 16.9 Å². The molecule has 0 radical (unpaired) electrons. The van der Waals surface area contributed by atoms with Gasteiger partial charge in [-0.1, -0.05) is 30.3 Å². The molecule has 1 saturated carbocycles. The van der Waals surface area contributed by atoms with Gasteiger partial charge in [0.05, 0.1) is 53.5 Å². The topological polar surface area (TPSA) is 91.9 Å². The second-order valence-electron chi connectivity index (χ2n) is 10.9. The van der Waals surface area contributed by atoms with Crippen LogP contribution in [0.2, 0.25) is 0 Å². The molecule has 11 heteroatoms. The maximum absolute atomic E-state index is 14.4. The SMILES string of the molecule is COc1ncc(S(C)(=O)=O)c2c1c1ncc(-c3c(C)ncn3C)cc1n2C(c1ccccc1)C1CCC(F)(F)CC1. The molecule has 0 amide bonds. The summed E-state index contributed by atoms with van der Waals surface area (Å²) in [4.78, 5) is 13.7. The Labute approximate surface area is 236 Å². The number of fused-ring (bicyclic) bond motifs is 3. The third kappa shape index (κ3) is 4.65. The molecule has 0 aliphatic heterocycles. The number of pyridine rings is 2. The summed E-state index contributed by atoms with van der Waals surface area (Å²) >= 11 is 0. The van der Waals surface area contributed by atoms with Crippen molar-refractivity contribution in [3.63, 3.8) is 0 Å². The molecule has 6 rings (SSSR count). The number of alkyl halides is 2. The summed E-state index contributed by atoms with van der Waals surface area (Å²) in [5, 5.41) is 0.473. The van der Waals surface area contributed by atoms with E-state index in [1.807, 2.05) is 59.5 Å². The third-order valence-electron chi connectivity index (χ3n) is 8.20. The second kappa shape index (κ2) is 9.90.